The van der Waals surface area contributed by atoms with E-state index in [1.807, 2.05) is 6.07 Å². The lowest BCUT2D eigenvalue weighted by molar-refractivity contribution is 0.380. The molecule has 82 valence electrons. The Kier molecular flexibility index (Phi) is 3.55. The minimum absolute atomic E-state index is 0.555. The number of aromatic nitrogens is 1. The van der Waals surface area contributed by atoms with Gasteiger partial charge in [0.1, 0.15) is 0 Å². The SMILES string of the molecule is S=C(NCc1ccno1)NC1CCCC1. The second-order valence-electron chi connectivity index (χ2n) is 3.79. The largest absolute Gasteiger partial charge is 0.360 e. The molecule has 1 heterocycles. The molecule has 2 N–H and O–H groups in total. The van der Waals surface area contributed by atoms with Gasteiger partial charge in [-0.2, -0.15) is 0 Å². The quantitative estimate of drug-likeness (QED) is 0.765. The predicted molar refractivity (Wildman–Crippen MR) is 61.3 cm³/mol. The molecule has 0 saturated heterocycles. The van der Waals surface area contributed by atoms with Gasteiger partial charge >= 0.3 is 0 Å². The molecule has 1 aliphatic rings. The van der Waals surface area contributed by atoms with Gasteiger partial charge in [-0.15, -0.1) is 0 Å². The summed E-state index contributed by atoms with van der Waals surface area (Å²) in [7, 11) is 0. The summed E-state index contributed by atoms with van der Waals surface area (Å²) in [6, 6.07) is 2.38. The molecule has 0 amide bonds. The van der Waals surface area contributed by atoms with Crippen LogP contribution in [-0.2, 0) is 6.54 Å². The molecule has 0 bridgehead atoms. The van der Waals surface area contributed by atoms with Gasteiger partial charge in [0.15, 0.2) is 10.9 Å². The van der Waals surface area contributed by atoms with Gasteiger partial charge in [-0.05, 0) is 25.1 Å². The molecule has 0 unspecified atom stereocenters. The number of thiocarbonyl (C=S) groups is 1. The van der Waals surface area contributed by atoms with Crippen molar-refractivity contribution >= 4 is 17.3 Å². The molecule has 5 heteroatoms. The number of hydrogen-bond donors (Lipinski definition) is 2. The molecular formula is C10H15N3OS. The van der Waals surface area contributed by atoms with Crippen LogP contribution in [0.25, 0.3) is 0 Å². The van der Waals surface area contributed by atoms with Crippen LogP contribution in [-0.4, -0.2) is 16.3 Å². The molecular weight excluding hydrogens is 210 g/mol. The molecule has 1 saturated carbocycles. The van der Waals surface area contributed by atoms with E-state index in [0.29, 0.717) is 17.7 Å². The molecule has 1 fully saturated rings. The topological polar surface area (TPSA) is 50.1 Å². The molecule has 0 spiro atoms. The van der Waals surface area contributed by atoms with E-state index in [-0.39, 0.29) is 0 Å². The van der Waals surface area contributed by atoms with Gasteiger partial charge in [0, 0.05) is 12.1 Å². The summed E-state index contributed by atoms with van der Waals surface area (Å²) < 4.78 is 4.95. The molecule has 2 rings (SSSR count). The molecule has 1 aromatic rings. The third-order valence-corrected chi connectivity index (χ3v) is 2.87. The summed E-state index contributed by atoms with van der Waals surface area (Å²) in [5.74, 6) is 0.797. The van der Waals surface area contributed by atoms with E-state index in [1.165, 1.54) is 25.7 Å². The number of nitrogens with zero attached hydrogens (tertiary/aromatic N) is 1. The van der Waals surface area contributed by atoms with Crippen molar-refractivity contribution in [1.29, 1.82) is 0 Å². The second-order valence-corrected chi connectivity index (χ2v) is 4.20. The molecule has 0 atom stereocenters. The van der Waals surface area contributed by atoms with Crippen molar-refractivity contribution in [2.75, 3.05) is 0 Å². The number of nitrogens with one attached hydrogen (secondary N) is 2. The fourth-order valence-corrected chi connectivity index (χ4v) is 2.05. The Morgan fingerprint density at radius 3 is 3.00 bits per heavy atom. The predicted octanol–water partition coefficient (Wildman–Crippen LogP) is 1.58. The van der Waals surface area contributed by atoms with Gasteiger partial charge in [-0.25, -0.2) is 0 Å². The van der Waals surface area contributed by atoms with Crippen LogP contribution in [0.3, 0.4) is 0 Å². The Morgan fingerprint density at radius 2 is 2.33 bits per heavy atom. The highest BCUT2D eigenvalue weighted by atomic mass is 32.1. The van der Waals surface area contributed by atoms with E-state index in [4.69, 9.17) is 16.7 Å². The van der Waals surface area contributed by atoms with Crippen LogP contribution in [0.4, 0.5) is 0 Å². The van der Waals surface area contributed by atoms with Crippen molar-refractivity contribution in [3.05, 3.63) is 18.0 Å². The fraction of sp³-hybridized carbons (Fsp3) is 0.600. The van der Waals surface area contributed by atoms with Crippen molar-refractivity contribution in [2.45, 2.75) is 38.3 Å². The van der Waals surface area contributed by atoms with Gasteiger partial charge in [-0.1, -0.05) is 18.0 Å². The third kappa shape index (κ3) is 3.20. The van der Waals surface area contributed by atoms with Crippen LogP contribution < -0.4 is 10.6 Å². The van der Waals surface area contributed by atoms with Gasteiger partial charge < -0.3 is 15.2 Å². The number of rotatable bonds is 3. The maximum Gasteiger partial charge on any atom is 0.166 e. The van der Waals surface area contributed by atoms with Crippen molar-refractivity contribution in [3.63, 3.8) is 0 Å². The van der Waals surface area contributed by atoms with Crippen LogP contribution in [0.5, 0.6) is 0 Å². The van der Waals surface area contributed by atoms with Crippen LogP contribution in [0.2, 0.25) is 0 Å². The average Bonchev–Trinajstić information content (AvgIpc) is 2.86. The van der Waals surface area contributed by atoms with E-state index < -0.39 is 0 Å². The van der Waals surface area contributed by atoms with E-state index in [1.54, 1.807) is 6.20 Å². The Hall–Kier alpha value is -1.10. The summed E-state index contributed by atoms with van der Waals surface area (Å²) in [6.45, 7) is 0.596. The van der Waals surface area contributed by atoms with Crippen LogP contribution >= 0.6 is 12.2 Å². The van der Waals surface area contributed by atoms with Crippen LogP contribution in [0.1, 0.15) is 31.4 Å². The summed E-state index contributed by atoms with van der Waals surface area (Å²) in [5, 5.41) is 10.7. The summed E-state index contributed by atoms with van der Waals surface area (Å²) in [4.78, 5) is 0. The lowest BCUT2D eigenvalue weighted by Crippen LogP contribution is -2.40. The Bertz CT molecular complexity index is 306. The van der Waals surface area contributed by atoms with Gasteiger partial charge in [-0.3, -0.25) is 0 Å². The second kappa shape index (κ2) is 5.11. The average molecular weight is 225 g/mol. The summed E-state index contributed by atoms with van der Waals surface area (Å²) in [6.07, 6.45) is 6.70. The van der Waals surface area contributed by atoms with Crippen molar-refractivity contribution in [3.8, 4) is 0 Å². The van der Waals surface area contributed by atoms with E-state index >= 15 is 0 Å². The van der Waals surface area contributed by atoms with Crippen molar-refractivity contribution in [1.82, 2.24) is 15.8 Å². The highest BCUT2D eigenvalue weighted by Gasteiger charge is 2.15. The van der Waals surface area contributed by atoms with Crippen LogP contribution in [0.15, 0.2) is 16.8 Å². The smallest absolute Gasteiger partial charge is 0.166 e. The maximum absolute atomic E-state index is 5.18. The van der Waals surface area contributed by atoms with Crippen molar-refractivity contribution in [2.24, 2.45) is 0 Å². The lowest BCUT2D eigenvalue weighted by atomic mass is 10.3. The zero-order valence-corrected chi connectivity index (χ0v) is 9.35. The Morgan fingerprint density at radius 1 is 1.53 bits per heavy atom. The minimum Gasteiger partial charge on any atom is -0.360 e. The summed E-state index contributed by atoms with van der Waals surface area (Å²) >= 11 is 5.18. The fourth-order valence-electron chi connectivity index (χ4n) is 1.81. The first-order valence-corrected chi connectivity index (χ1v) is 5.69. The zero-order valence-electron chi connectivity index (χ0n) is 8.53. The molecule has 0 aliphatic heterocycles. The van der Waals surface area contributed by atoms with Gasteiger partial charge in [0.2, 0.25) is 0 Å². The molecule has 1 aromatic heterocycles. The first-order chi connectivity index (χ1) is 7.34. The van der Waals surface area contributed by atoms with Crippen molar-refractivity contribution < 1.29 is 4.52 Å². The highest BCUT2D eigenvalue weighted by Crippen LogP contribution is 2.17. The maximum atomic E-state index is 5.18. The third-order valence-electron chi connectivity index (χ3n) is 2.60. The normalized spacial score (nSPS) is 16.5. The Balaban J connectivity index is 1.68. The molecule has 0 aromatic carbocycles. The van der Waals surface area contributed by atoms with E-state index in [2.05, 4.69) is 15.8 Å². The molecule has 15 heavy (non-hydrogen) atoms. The van der Waals surface area contributed by atoms with Gasteiger partial charge in [0.05, 0.1) is 12.7 Å². The van der Waals surface area contributed by atoms with Crippen LogP contribution in [0, 0.1) is 0 Å². The summed E-state index contributed by atoms with van der Waals surface area (Å²) in [5.41, 5.74) is 0. The molecule has 4 nitrogen and oxygen atoms in total. The Labute approximate surface area is 94.4 Å². The van der Waals surface area contributed by atoms with E-state index in [9.17, 15) is 0 Å². The zero-order chi connectivity index (χ0) is 10.5. The van der Waals surface area contributed by atoms with E-state index in [0.717, 1.165) is 5.76 Å². The standard InChI is InChI=1S/C10H15N3OS/c15-10(13-8-3-1-2-4-8)11-7-9-5-6-12-14-9/h5-6,8H,1-4,7H2,(H2,11,13,15). The first-order valence-electron chi connectivity index (χ1n) is 5.28. The minimum atomic E-state index is 0.555. The molecule has 0 radical (unpaired) electrons. The molecule has 1 aliphatic carbocycles. The lowest BCUT2D eigenvalue weighted by Gasteiger charge is -2.14. The first kappa shape index (κ1) is 10.4. The van der Waals surface area contributed by atoms with Gasteiger partial charge in [0.25, 0.3) is 0 Å². The number of hydrogen-bond acceptors (Lipinski definition) is 3. The monoisotopic (exact) mass is 225 g/mol. The highest BCUT2D eigenvalue weighted by molar-refractivity contribution is 7.80.